The van der Waals surface area contributed by atoms with Crippen LogP contribution in [0.2, 0.25) is 0 Å². The maximum Gasteiger partial charge on any atom is 0.339 e. The molecule has 0 atom stereocenters. The summed E-state index contributed by atoms with van der Waals surface area (Å²) in [5.74, 6) is -1.02. The summed E-state index contributed by atoms with van der Waals surface area (Å²) < 4.78 is 10.6. The molecule has 132 valence electrons. The second-order valence-corrected chi connectivity index (χ2v) is 7.05. The SMILES string of the molecule is CC(C)(C)COC(=O)c1ccccc1C(=O)OCCc1ccccc1. The summed E-state index contributed by atoms with van der Waals surface area (Å²) >= 11 is 0. The molecule has 4 nitrogen and oxygen atoms in total. The first-order chi connectivity index (χ1) is 11.9. The van der Waals surface area contributed by atoms with E-state index in [1.165, 1.54) is 0 Å². The molecule has 0 aromatic heterocycles. The van der Waals surface area contributed by atoms with Crippen molar-refractivity contribution in [3.63, 3.8) is 0 Å². The van der Waals surface area contributed by atoms with Gasteiger partial charge in [0.2, 0.25) is 0 Å². The van der Waals surface area contributed by atoms with Gasteiger partial charge in [0.15, 0.2) is 0 Å². The highest BCUT2D eigenvalue weighted by molar-refractivity contribution is 6.03. The van der Waals surface area contributed by atoms with Crippen LogP contribution in [0.3, 0.4) is 0 Å². The van der Waals surface area contributed by atoms with Gasteiger partial charge >= 0.3 is 11.9 Å². The molecule has 0 amide bonds. The van der Waals surface area contributed by atoms with E-state index in [1.54, 1.807) is 24.3 Å². The van der Waals surface area contributed by atoms with Gasteiger partial charge in [-0.1, -0.05) is 63.2 Å². The minimum atomic E-state index is -0.515. The van der Waals surface area contributed by atoms with E-state index in [4.69, 9.17) is 9.47 Å². The topological polar surface area (TPSA) is 52.6 Å². The Labute approximate surface area is 148 Å². The maximum absolute atomic E-state index is 12.3. The quantitative estimate of drug-likeness (QED) is 0.736. The summed E-state index contributed by atoms with van der Waals surface area (Å²) in [7, 11) is 0. The van der Waals surface area contributed by atoms with E-state index in [2.05, 4.69) is 0 Å². The van der Waals surface area contributed by atoms with Crippen LogP contribution in [0.25, 0.3) is 0 Å². The Morgan fingerprint density at radius 2 is 1.32 bits per heavy atom. The smallest absolute Gasteiger partial charge is 0.339 e. The summed E-state index contributed by atoms with van der Waals surface area (Å²) in [5, 5.41) is 0. The van der Waals surface area contributed by atoms with E-state index < -0.39 is 11.9 Å². The van der Waals surface area contributed by atoms with Gasteiger partial charge in [-0.2, -0.15) is 0 Å². The number of rotatable bonds is 6. The van der Waals surface area contributed by atoms with Crippen molar-refractivity contribution >= 4 is 11.9 Å². The Kier molecular flexibility index (Phi) is 6.34. The lowest BCUT2D eigenvalue weighted by Gasteiger charge is -2.18. The van der Waals surface area contributed by atoms with Crippen molar-refractivity contribution in [3.8, 4) is 0 Å². The number of hydrogen-bond acceptors (Lipinski definition) is 4. The summed E-state index contributed by atoms with van der Waals surface area (Å²) in [4.78, 5) is 24.6. The molecule has 0 aliphatic heterocycles. The largest absolute Gasteiger partial charge is 0.462 e. The lowest BCUT2D eigenvalue weighted by molar-refractivity contribution is 0.0353. The second-order valence-electron chi connectivity index (χ2n) is 7.05. The highest BCUT2D eigenvalue weighted by atomic mass is 16.5. The maximum atomic E-state index is 12.3. The van der Waals surface area contributed by atoms with Crippen LogP contribution >= 0.6 is 0 Å². The van der Waals surface area contributed by atoms with Crippen molar-refractivity contribution < 1.29 is 19.1 Å². The zero-order valence-corrected chi connectivity index (χ0v) is 15.0. The molecule has 2 rings (SSSR count). The Morgan fingerprint density at radius 3 is 1.88 bits per heavy atom. The highest BCUT2D eigenvalue weighted by Gasteiger charge is 2.21. The average Bonchev–Trinajstić information content (AvgIpc) is 2.60. The molecule has 0 spiro atoms. The fraction of sp³-hybridized carbons (Fsp3) is 0.333. The third kappa shape index (κ3) is 6.07. The van der Waals surface area contributed by atoms with Crippen molar-refractivity contribution in [3.05, 3.63) is 71.3 Å². The molecule has 25 heavy (non-hydrogen) atoms. The lowest BCUT2D eigenvalue weighted by Crippen LogP contribution is -2.20. The van der Waals surface area contributed by atoms with Gasteiger partial charge in [0.1, 0.15) is 0 Å². The molecule has 2 aromatic rings. The molecular weight excluding hydrogens is 316 g/mol. The van der Waals surface area contributed by atoms with Gasteiger partial charge in [0, 0.05) is 6.42 Å². The van der Waals surface area contributed by atoms with Crippen molar-refractivity contribution in [2.75, 3.05) is 13.2 Å². The molecule has 0 aliphatic carbocycles. The normalized spacial score (nSPS) is 11.0. The number of esters is 2. The first kappa shape index (κ1) is 18.7. The fourth-order valence-electron chi connectivity index (χ4n) is 2.18. The fourth-order valence-corrected chi connectivity index (χ4v) is 2.18. The van der Waals surface area contributed by atoms with E-state index in [-0.39, 0.29) is 29.8 Å². The third-order valence-electron chi connectivity index (χ3n) is 3.47. The van der Waals surface area contributed by atoms with Crippen LogP contribution in [0, 0.1) is 5.41 Å². The van der Waals surface area contributed by atoms with Crippen molar-refractivity contribution in [1.82, 2.24) is 0 Å². The van der Waals surface area contributed by atoms with Crippen LogP contribution in [0.5, 0.6) is 0 Å². The van der Waals surface area contributed by atoms with Gasteiger partial charge in [0.25, 0.3) is 0 Å². The van der Waals surface area contributed by atoms with E-state index in [0.29, 0.717) is 6.42 Å². The molecule has 0 saturated heterocycles. The van der Waals surface area contributed by atoms with Crippen LogP contribution in [0.15, 0.2) is 54.6 Å². The highest BCUT2D eigenvalue weighted by Crippen LogP contribution is 2.17. The first-order valence-corrected chi connectivity index (χ1v) is 8.34. The average molecular weight is 340 g/mol. The minimum absolute atomic E-state index is 0.138. The molecule has 0 unspecified atom stereocenters. The van der Waals surface area contributed by atoms with Crippen LogP contribution in [0.4, 0.5) is 0 Å². The molecule has 0 N–H and O–H groups in total. The minimum Gasteiger partial charge on any atom is -0.462 e. The summed E-state index contributed by atoms with van der Waals surface area (Å²) in [6, 6.07) is 16.3. The molecule has 4 heteroatoms. The summed E-state index contributed by atoms with van der Waals surface area (Å²) in [6.07, 6.45) is 0.628. The molecule has 0 radical (unpaired) electrons. The van der Waals surface area contributed by atoms with Crippen molar-refractivity contribution in [2.24, 2.45) is 5.41 Å². The van der Waals surface area contributed by atoms with Crippen LogP contribution in [-0.4, -0.2) is 25.2 Å². The Hall–Kier alpha value is -2.62. The molecular formula is C21H24O4. The van der Waals surface area contributed by atoms with E-state index in [9.17, 15) is 9.59 Å². The van der Waals surface area contributed by atoms with E-state index in [0.717, 1.165) is 5.56 Å². The summed E-state index contributed by atoms with van der Waals surface area (Å²) in [5.41, 5.74) is 1.42. The van der Waals surface area contributed by atoms with Gasteiger partial charge in [-0.25, -0.2) is 9.59 Å². The standard InChI is InChI=1S/C21H24O4/c1-21(2,3)15-25-20(23)18-12-8-7-11-17(18)19(22)24-14-13-16-9-5-4-6-10-16/h4-12H,13-15H2,1-3H3. The van der Waals surface area contributed by atoms with Crippen LogP contribution in [0.1, 0.15) is 47.1 Å². The van der Waals surface area contributed by atoms with Gasteiger partial charge in [-0.05, 0) is 23.1 Å². The van der Waals surface area contributed by atoms with E-state index >= 15 is 0 Å². The Balaban J connectivity index is 1.98. The predicted molar refractivity (Wildman–Crippen MR) is 96.6 cm³/mol. The molecule has 0 bridgehead atoms. The molecule has 0 fully saturated rings. The van der Waals surface area contributed by atoms with Gasteiger partial charge in [0.05, 0.1) is 24.3 Å². The summed E-state index contributed by atoms with van der Waals surface area (Å²) in [6.45, 7) is 6.47. The Bertz CT molecular complexity index is 714. The number of ether oxygens (including phenoxy) is 2. The molecule has 0 aliphatic rings. The molecule has 0 saturated carbocycles. The van der Waals surface area contributed by atoms with E-state index in [1.807, 2.05) is 51.1 Å². The Morgan fingerprint density at radius 1 is 0.800 bits per heavy atom. The van der Waals surface area contributed by atoms with Gasteiger partial charge in [-0.15, -0.1) is 0 Å². The molecule has 2 aromatic carbocycles. The van der Waals surface area contributed by atoms with Crippen molar-refractivity contribution in [1.29, 1.82) is 0 Å². The lowest BCUT2D eigenvalue weighted by atomic mass is 9.98. The second kappa shape index (κ2) is 8.47. The third-order valence-corrected chi connectivity index (χ3v) is 3.47. The van der Waals surface area contributed by atoms with Crippen LogP contribution < -0.4 is 0 Å². The predicted octanol–water partition coefficient (Wildman–Crippen LogP) is 4.29. The monoisotopic (exact) mass is 340 g/mol. The van der Waals surface area contributed by atoms with Gasteiger partial charge in [-0.3, -0.25) is 0 Å². The van der Waals surface area contributed by atoms with Crippen molar-refractivity contribution in [2.45, 2.75) is 27.2 Å². The van der Waals surface area contributed by atoms with Crippen LogP contribution in [-0.2, 0) is 15.9 Å². The zero-order chi connectivity index (χ0) is 18.3. The molecule has 0 heterocycles. The van der Waals surface area contributed by atoms with Gasteiger partial charge < -0.3 is 9.47 Å². The number of benzene rings is 2. The number of hydrogen-bond donors (Lipinski definition) is 0. The first-order valence-electron chi connectivity index (χ1n) is 8.34. The number of carbonyl (C=O) groups excluding carboxylic acids is 2. The number of carbonyl (C=O) groups is 2. The zero-order valence-electron chi connectivity index (χ0n) is 15.0.